The molecule has 1 aliphatic heterocycles. The zero-order valence-electron chi connectivity index (χ0n) is 14.1. The number of hydrogen-bond donors (Lipinski definition) is 2. The molecular formula is C18H24N4O2. The van der Waals surface area contributed by atoms with Gasteiger partial charge in [-0.3, -0.25) is 4.79 Å². The summed E-state index contributed by atoms with van der Waals surface area (Å²) in [5.41, 5.74) is 2.08. The number of benzene rings is 1. The number of carbonyl (C=O) groups is 1. The first-order valence-electron chi connectivity index (χ1n) is 8.28. The molecule has 2 heterocycles. The lowest BCUT2D eigenvalue weighted by molar-refractivity contribution is -0.131. The summed E-state index contributed by atoms with van der Waals surface area (Å²) >= 11 is 0. The summed E-state index contributed by atoms with van der Waals surface area (Å²) in [4.78, 5) is 18.6. The normalized spacial score (nSPS) is 21.6. The second-order valence-corrected chi connectivity index (χ2v) is 6.45. The number of aryl methyl sites for hydroxylation is 1. The van der Waals surface area contributed by atoms with Crippen molar-refractivity contribution in [3.8, 4) is 5.69 Å². The number of rotatable bonds is 4. The highest BCUT2D eigenvalue weighted by Gasteiger charge is 2.31. The van der Waals surface area contributed by atoms with Gasteiger partial charge in [0.25, 0.3) is 0 Å². The Hall–Kier alpha value is -2.18. The quantitative estimate of drug-likeness (QED) is 0.882. The molecule has 1 aliphatic rings. The van der Waals surface area contributed by atoms with E-state index in [9.17, 15) is 9.90 Å². The van der Waals surface area contributed by atoms with E-state index in [4.69, 9.17) is 0 Å². The number of amides is 1. The Morgan fingerprint density at radius 2 is 2.12 bits per heavy atom. The van der Waals surface area contributed by atoms with Crippen LogP contribution in [0, 0.1) is 12.8 Å². The molecule has 1 fully saturated rings. The highest BCUT2D eigenvalue weighted by atomic mass is 16.3. The van der Waals surface area contributed by atoms with Crippen molar-refractivity contribution < 1.29 is 9.90 Å². The summed E-state index contributed by atoms with van der Waals surface area (Å²) in [5, 5.41) is 13.0. The van der Waals surface area contributed by atoms with Gasteiger partial charge in [-0.05, 0) is 38.1 Å². The van der Waals surface area contributed by atoms with E-state index in [2.05, 4.69) is 15.2 Å². The summed E-state index contributed by atoms with van der Waals surface area (Å²) in [5.74, 6) is 0.506. The van der Waals surface area contributed by atoms with E-state index >= 15 is 0 Å². The van der Waals surface area contributed by atoms with Gasteiger partial charge in [0.2, 0.25) is 5.91 Å². The summed E-state index contributed by atoms with van der Waals surface area (Å²) < 4.78 is 2.01. The van der Waals surface area contributed by atoms with Gasteiger partial charge < -0.3 is 19.9 Å². The molecule has 0 aliphatic carbocycles. The summed E-state index contributed by atoms with van der Waals surface area (Å²) in [7, 11) is 1.98. The lowest BCUT2D eigenvalue weighted by Crippen LogP contribution is -2.48. The van der Waals surface area contributed by atoms with Crippen molar-refractivity contribution in [1.29, 1.82) is 0 Å². The molecule has 2 aromatic rings. The second-order valence-electron chi connectivity index (χ2n) is 6.45. The standard InChI is InChI=1S/C18H24N4O2/c1-13-19-8-10-22(13)15-5-3-14(4-6-15)11-20-18(24)16-12-21(2)9-7-17(16)23/h3-6,8,10,16-17,23H,7,9,11-12H2,1-2H3,(H,20,24)/t16-,17-/m1/s1. The molecule has 2 atom stereocenters. The van der Waals surface area contributed by atoms with Gasteiger partial charge in [-0.25, -0.2) is 4.98 Å². The Kier molecular flexibility index (Phi) is 4.97. The molecule has 128 valence electrons. The number of aromatic nitrogens is 2. The average molecular weight is 328 g/mol. The number of hydrogen-bond acceptors (Lipinski definition) is 4. The molecule has 6 nitrogen and oxygen atoms in total. The van der Waals surface area contributed by atoms with E-state index < -0.39 is 6.10 Å². The van der Waals surface area contributed by atoms with Crippen LogP contribution in [-0.2, 0) is 11.3 Å². The molecule has 0 unspecified atom stereocenters. The van der Waals surface area contributed by atoms with Gasteiger partial charge in [0, 0.05) is 37.7 Å². The van der Waals surface area contributed by atoms with Gasteiger partial charge in [-0.2, -0.15) is 0 Å². The zero-order valence-corrected chi connectivity index (χ0v) is 14.1. The van der Waals surface area contributed by atoms with E-state index in [0.717, 1.165) is 23.6 Å². The van der Waals surface area contributed by atoms with Gasteiger partial charge in [0.05, 0.1) is 12.0 Å². The topological polar surface area (TPSA) is 70.4 Å². The smallest absolute Gasteiger partial charge is 0.227 e. The van der Waals surface area contributed by atoms with Crippen LogP contribution in [0.2, 0.25) is 0 Å². The largest absolute Gasteiger partial charge is 0.392 e. The van der Waals surface area contributed by atoms with Crippen LogP contribution in [0.25, 0.3) is 5.69 Å². The van der Waals surface area contributed by atoms with Crippen LogP contribution in [0.5, 0.6) is 0 Å². The average Bonchev–Trinajstić information content (AvgIpc) is 3.01. The fourth-order valence-electron chi connectivity index (χ4n) is 3.11. The highest BCUT2D eigenvalue weighted by molar-refractivity contribution is 5.79. The third-order valence-corrected chi connectivity index (χ3v) is 4.62. The molecule has 0 saturated carbocycles. The van der Waals surface area contributed by atoms with Crippen LogP contribution in [-0.4, -0.2) is 51.7 Å². The lowest BCUT2D eigenvalue weighted by Gasteiger charge is -2.32. The van der Waals surface area contributed by atoms with E-state index in [1.54, 1.807) is 6.20 Å². The first-order chi connectivity index (χ1) is 11.5. The van der Waals surface area contributed by atoms with Crippen LogP contribution >= 0.6 is 0 Å². The SMILES string of the molecule is Cc1nccn1-c1ccc(CNC(=O)[C@@H]2CN(C)CC[C@H]2O)cc1. The van der Waals surface area contributed by atoms with Crippen molar-refractivity contribution >= 4 is 5.91 Å². The third kappa shape index (κ3) is 3.66. The van der Waals surface area contributed by atoms with Crippen molar-refractivity contribution in [2.45, 2.75) is 26.0 Å². The zero-order chi connectivity index (χ0) is 17.1. The van der Waals surface area contributed by atoms with Crippen LogP contribution in [0.15, 0.2) is 36.7 Å². The fourth-order valence-corrected chi connectivity index (χ4v) is 3.11. The van der Waals surface area contributed by atoms with Gasteiger partial charge in [0.1, 0.15) is 5.82 Å². The third-order valence-electron chi connectivity index (χ3n) is 4.62. The minimum absolute atomic E-state index is 0.0800. The number of aliphatic hydroxyl groups is 1. The Morgan fingerprint density at radius 3 is 2.79 bits per heavy atom. The number of aliphatic hydroxyl groups excluding tert-OH is 1. The Labute approximate surface area is 142 Å². The highest BCUT2D eigenvalue weighted by Crippen LogP contribution is 2.17. The molecule has 1 amide bonds. The Morgan fingerprint density at radius 1 is 1.38 bits per heavy atom. The number of carbonyl (C=O) groups excluding carboxylic acids is 1. The molecule has 24 heavy (non-hydrogen) atoms. The fraction of sp³-hybridized carbons (Fsp3) is 0.444. The van der Waals surface area contributed by atoms with Crippen LogP contribution in [0.3, 0.4) is 0 Å². The first kappa shape index (κ1) is 16.7. The predicted molar refractivity (Wildman–Crippen MR) is 91.8 cm³/mol. The van der Waals surface area contributed by atoms with E-state index in [0.29, 0.717) is 19.5 Å². The Bertz CT molecular complexity index is 695. The van der Waals surface area contributed by atoms with E-state index in [-0.39, 0.29) is 11.8 Å². The number of likely N-dealkylation sites (tertiary alicyclic amines) is 1. The van der Waals surface area contributed by atoms with Crippen molar-refractivity contribution in [3.05, 3.63) is 48.0 Å². The summed E-state index contributed by atoms with van der Waals surface area (Å²) in [6, 6.07) is 8.02. The summed E-state index contributed by atoms with van der Waals surface area (Å²) in [6.45, 7) is 3.86. The van der Waals surface area contributed by atoms with Crippen LogP contribution in [0.4, 0.5) is 0 Å². The van der Waals surface area contributed by atoms with Crippen LogP contribution < -0.4 is 5.32 Å². The van der Waals surface area contributed by atoms with Crippen molar-refractivity contribution in [2.24, 2.45) is 5.92 Å². The van der Waals surface area contributed by atoms with Gasteiger partial charge >= 0.3 is 0 Å². The van der Waals surface area contributed by atoms with Crippen molar-refractivity contribution in [1.82, 2.24) is 19.8 Å². The summed E-state index contributed by atoms with van der Waals surface area (Å²) in [6.07, 6.45) is 3.80. The monoisotopic (exact) mass is 328 g/mol. The van der Waals surface area contributed by atoms with Gasteiger partial charge in [-0.1, -0.05) is 12.1 Å². The van der Waals surface area contributed by atoms with E-state index in [1.807, 2.05) is 49.0 Å². The molecule has 0 spiro atoms. The number of nitrogens with one attached hydrogen (secondary N) is 1. The molecule has 6 heteroatoms. The minimum atomic E-state index is -0.548. The van der Waals surface area contributed by atoms with Gasteiger partial charge in [-0.15, -0.1) is 0 Å². The van der Waals surface area contributed by atoms with Crippen molar-refractivity contribution in [3.63, 3.8) is 0 Å². The second kappa shape index (κ2) is 7.15. The molecule has 0 bridgehead atoms. The number of imidazole rings is 1. The molecule has 3 rings (SSSR count). The maximum atomic E-state index is 12.3. The predicted octanol–water partition coefficient (Wildman–Crippen LogP) is 1.11. The van der Waals surface area contributed by atoms with Crippen LogP contribution in [0.1, 0.15) is 17.8 Å². The molecule has 1 aromatic heterocycles. The first-order valence-corrected chi connectivity index (χ1v) is 8.28. The molecular weight excluding hydrogens is 304 g/mol. The maximum Gasteiger partial charge on any atom is 0.227 e. The number of piperidine rings is 1. The number of nitrogens with zero attached hydrogens (tertiary/aromatic N) is 3. The minimum Gasteiger partial charge on any atom is -0.392 e. The van der Waals surface area contributed by atoms with Crippen molar-refractivity contribution in [2.75, 3.05) is 20.1 Å². The maximum absolute atomic E-state index is 12.3. The molecule has 1 saturated heterocycles. The Balaban J connectivity index is 1.58. The van der Waals surface area contributed by atoms with E-state index in [1.165, 1.54) is 0 Å². The lowest BCUT2D eigenvalue weighted by atomic mass is 9.94. The molecule has 2 N–H and O–H groups in total. The molecule has 0 radical (unpaired) electrons. The van der Waals surface area contributed by atoms with Gasteiger partial charge in [0.15, 0.2) is 0 Å². The molecule has 1 aromatic carbocycles.